The van der Waals surface area contributed by atoms with Gasteiger partial charge in [-0.2, -0.15) is 0 Å². The van der Waals surface area contributed by atoms with Crippen molar-refractivity contribution in [3.05, 3.63) is 50.1 Å². The molecule has 4 heteroatoms. The molecule has 1 unspecified atom stereocenters. The van der Waals surface area contributed by atoms with E-state index >= 15 is 0 Å². The number of hydrogen-bond donors (Lipinski definition) is 1. The number of ether oxygens (including phenoxy) is 1. The molecule has 0 bridgehead atoms. The number of hydrogen-bond acceptors (Lipinski definition) is 3. The molecule has 0 saturated carbocycles. The number of benzene rings is 1. The van der Waals surface area contributed by atoms with Gasteiger partial charge >= 0.3 is 0 Å². The number of rotatable bonds is 4. The lowest BCUT2D eigenvalue weighted by atomic mass is 9.87. The van der Waals surface area contributed by atoms with Gasteiger partial charge in [-0.05, 0) is 71.6 Å². The molecule has 0 fully saturated rings. The van der Waals surface area contributed by atoms with Crippen molar-refractivity contribution in [1.29, 1.82) is 0 Å². The average Bonchev–Trinajstić information content (AvgIpc) is 2.90. The van der Waals surface area contributed by atoms with Crippen LogP contribution < -0.4 is 10.1 Å². The second-order valence-corrected chi connectivity index (χ2v) is 7.03. The van der Waals surface area contributed by atoms with Crippen LogP contribution in [0, 0.1) is 0 Å². The summed E-state index contributed by atoms with van der Waals surface area (Å²) in [5.41, 5.74) is 2.87. The van der Waals surface area contributed by atoms with Gasteiger partial charge in [0.25, 0.3) is 0 Å². The van der Waals surface area contributed by atoms with E-state index in [1.54, 1.807) is 11.3 Å². The average molecular weight is 352 g/mol. The molecule has 20 heavy (non-hydrogen) atoms. The third-order valence-electron chi connectivity index (χ3n) is 3.78. The fourth-order valence-corrected chi connectivity index (χ4v) is 4.11. The minimum atomic E-state index is 0.471. The molecule has 1 aliphatic rings. The Hall–Kier alpha value is -0.840. The Kier molecular flexibility index (Phi) is 4.44. The second kappa shape index (κ2) is 6.29. The zero-order valence-corrected chi connectivity index (χ0v) is 13.9. The van der Waals surface area contributed by atoms with Crippen molar-refractivity contribution < 1.29 is 4.74 Å². The zero-order valence-electron chi connectivity index (χ0n) is 11.5. The summed E-state index contributed by atoms with van der Waals surface area (Å²) in [6.07, 6.45) is 3.67. The SMILES string of the molecule is CNC1CCCc2ccc(OCc3cc(Br)cs3)cc21. The van der Waals surface area contributed by atoms with Crippen LogP contribution in [0.25, 0.3) is 0 Å². The molecule has 0 aliphatic heterocycles. The summed E-state index contributed by atoms with van der Waals surface area (Å²) in [4.78, 5) is 1.24. The maximum absolute atomic E-state index is 5.93. The quantitative estimate of drug-likeness (QED) is 0.862. The predicted molar refractivity (Wildman–Crippen MR) is 87.5 cm³/mol. The molecule has 0 saturated heterocycles. The molecular formula is C16H18BrNOS. The second-order valence-electron chi connectivity index (χ2n) is 5.11. The van der Waals surface area contributed by atoms with E-state index in [4.69, 9.17) is 4.74 Å². The van der Waals surface area contributed by atoms with Crippen LogP contribution in [0.1, 0.15) is 34.9 Å². The van der Waals surface area contributed by atoms with Crippen LogP contribution in [0.5, 0.6) is 5.75 Å². The van der Waals surface area contributed by atoms with Crippen LogP contribution in [-0.4, -0.2) is 7.05 Å². The van der Waals surface area contributed by atoms with Gasteiger partial charge in [0.1, 0.15) is 12.4 Å². The first-order chi connectivity index (χ1) is 9.76. The van der Waals surface area contributed by atoms with Gasteiger partial charge in [0.05, 0.1) is 0 Å². The van der Waals surface area contributed by atoms with E-state index in [-0.39, 0.29) is 0 Å². The van der Waals surface area contributed by atoms with Crippen molar-refractivity contribution in [2.24, 2.45) is 0 Å². The summed E-state index contributed by atoms with van der Waals surface area (Å²) in [6.45, 7) is 0.638. The Morgan fingerprint density at radius 2 is 2.30 bits per heavy atom. The smallest absolute Gasteiger partial charge is 0.122 e. The van der Waals surface area contributed by atoms with Crippen LogP contribution in [-0.2, 0) is 13.0 Å². The van der Waals surface area contributed by atoms with Gasteiger partial charge in [-0.15, -0.1) is 11.3 Å². The maximum atomic E-state index is 5.93. The highest BCUT2D eigenvalue weighted by molar-refractivity contribution is 9.10. The molecular weight excluding hydrogens is 334 g/mol. The third-order valence-corrected chi connectivity index (χ3v) is 5.45. The number of halogens is 1. The summed E-state index contributed by atoms with van der Waals surface area (Å²) in [6, 6.07) is 9.11. The lowest BCUT2D eigenvalue weighted by Gasteiger charge is -2.25. The molecule has 3 rings (SSSR count). The fraction of sp³-hybridized carbons (Fsp3) is 0.375. The first-order valence-electron chi connectivity index (χ1n) is 6.92. The molecule has 0 radical (unpaired) electrons. The molecule has 1 aliphatic carbocycles. The number of nitrogens with one attached hydrogen (secondary N) is 1. The van der Waals surface area contributed by atoms with E-state index in [9.17, 15) is 0 Å². The Morgan fingerprint density at radius 3 is 3.05 bits per heavy atom. The van der Waals surface area contributed by atoms with Gasteiger partial charge in [0.15, 0.2) is 0 Å². The summed E-state index contributed by atoms with van der Waals surface area (Å²) in [5, 5.41) is 5.49. The summed E-state index contributed by atoms with van der Waals surface area (Å²) in [5.74, 6) is 0.968. The monoisotopic (exact) mass is 351 g/mol. The summed E-state index contributed by atoms with van der Waals surface area (Å²) in [7, 11) is 2.04. The van der Waals surface area contributed by atoms with Crippen molar-refractivity contribution >= 4 is 27.3 Å². The highest BCUT2D eigenvalue weighted by atomic mass is 79.9. The molecule has 0 amide bonds. The van der Waals surface area contributed by atoms with E-state index in [1.807, 2.05) is 7.05 Å². The molecule has 1 atom stereocenters. The largest absolute Gasteiger partial charge is 0.488 e. The van der Waals surface area contributed by atoms with Crippen LogP contribution >= 0.6 is 27.3 Å². The van der Waals surface area contributed by atoms with E-state index in [0.717, 1.165) is 10.2 Å². The first-order valence-corrected chi connectivity index (χ1v) is 8.59. The van der Waals surface area contributed by atoms with E-state index in [1.165, 1.54) is 35.3 Å². The Balaban J connectivity index is 1.74. The normalized spacial score (nSPS) is 17.8. The van der Waals surface area contributed by atoms with Crippen molar-refractivity contribution in [3.63, 3.8) is 0 Å². The Morgan fingerprint density at radius 1 is 1.40 bits per heavy atom. The van der Waals surface area contributed by atoms with E-state index < -0.39 is 0 Å². The van der Waals surface area contributed by atoms with Gasteiger partial charge in [-0.1, -0.05) is 6.07 Å². The van der Waals surface area contributed by atoms with Crippen LogP contribution in [0.4, 0.5) is 0 Å². The Labute approximate surface area is 132 Å². The first kappa shape index (κ1) is 14.1. The number of fused-ring (bicyclic) bond motifs is 1. The molecule has 1 N–H and O–H groups in total. The standard InChI is InChI=1S/C16H18BrNOS/c1-18-16-4-2-3-11-5-6-13(8-15(11)16)19-9-14-7-12(17)10-20-14/h5-8,10,16,18H,2-4,9H2,1H3. The van der Waals surface area contributed by atoms with Crippen molar-refractivity contribution in [1.82, 2.24) is 5.32 Å². The molecule has 2 nitrogen and oxygen atoms in total. The number of thiophene rings is 1. The lowest BCUT2D eigenvalue weighted by Crippen LogP contribution is -2.21. The lowest BCUT2D eigenvalue weighted by molar-refractivity contribution is 0.308. The minimum absolute atomic E-state index is 0.471. The fourth-order valence-electron chi connectivity index (χ4n) is 2.75. The molecule has 0 spiro atoms. The van der Waals surface area contributed by atoms with Gasteiger partial charge in [-0.25, -0.2) is 0 Å². The van der Waals surface area contributed by atoms with Gasteiger partial charge in [-0.3, -0.25) is 0 Å². The molecule has 106 valence electrons. The van der Waals surface area contributed by atoms with Gasteiger partial charge in [0, 0.05) is 20.8 Å². The zero-order chi connectivity index (χ0) is 13.9. The summed E-state index contributed by atoms with van der Waals surface area (Å²) < 4.78 is 7.05. The van der Waals surface area contributed by atoms with Crippen molar-refractivity contribution in [3.8, 4) is 5.75 Å². The van der Waals surface area contributed by atoms with E-state index in [0.29, 0.717) is 12.6 Å². The molecule has 1 aromatic heterocycles. The highest BCUT2D eigenvalue weighted by Gasteiger charge is 2.19. The van der Waals surface area contributed by atoms with Crippen molar-refractivity contribution in [2.75, 3.05) is 7.05 Å². The number of aryl methyl sites for hydroxylation is 1. The van der Waals surface area contributed by atoms with Gasteiger partial charge < -0.3 is 10.1 Å². The van der Waals surface area contributed by atoms with Crippen LogP contribution in [0.2, 0.25) is 0 Å². The molecule has 1 aromatic carbocycles. The topological polar surface area (TPSA) is 21.3 Å². The van der Waals surface area contributed by atoms with E-state index in [2.05, 4.69) is 50.9 Å². The molecule has 1 heterocycles. The maximum Gasteiger partial charge on any atom is 0.122 e. The van der Waals surface area contributed by atoms with Crippen LogP contribution in [0.15, 0.2) is 34.1 Å². The highest BCUT2D eigenvalue weighted by Crippen LogP contribution is 2.32. The minimum Gasteiger partial charge on any atom is -0.488 e. The van der Waals surface area contributed by atoms with Crippen molar-refractivity contribution in [2.45, 2.75) is 31.9 Å². The van der Waals surface area contributed by atoms with Crippen LogP contribution in [0.3, 0.4) is 0 Å². The molecule has 2 aromatic rings. The Bertz CT molecular complexity index is 596. The van der Waals surface area contributed by atoms with Gasteiger partial charge in [0.2, 0.25) is 0 Å². The summed E-state index contributed by atoms with van der Waals surface area (Å²) >= 11 is 5.19. The predicted octanol–water partition coefficient (Wildman–Crippen LogP) is 4.69. The third kappa shape index (κ3) is 3.08.